The molecule has 0 aliphatic heterocycles. The van der Waals surface area contributed by atoms with Gasteiger partial charge in [-0.1, -0.05) is 6.92 Å². The molecule has 0 atom stereocenters. The van der Waals surface area contributed by atoms with Crippen LogP contribution in [0.15, 0.2) is 48.2 Å². The maximum atomic E-state index is 4.44. The molecule has 7 nitrogen and oxygen atoms in total. The highest BCUT2D eigenvalue weighted by Crippen LogP contribution is 2.13. The van der Waals surface area contributed by atoms with Gasteiger partial charge in [0.05, 0.1) is 5.01 Å². The zero-order valence-electron chi connectivity index (χ0n) is 15.0. The second-order valence-electron chi connectivity index (χ2n) is 5.67. The number of rotatable bonds is 7. The molecule has 136 valence electrons. The maximum absolute atomic E-state index is 4.44. The number of aliphatic imine (C=N–C) groups is 1. The number of imidazole rings is 1. The van der Waals surface area contributed by atoms with E-state index in [0.29, 0.717) is 6.54 Å². The fourth-order valence-electron chi connectivity index (χ4n) is 2.43. The van der Waals surface area contributed by atoms with Crippen LogP contribution in [0.1, 0.15) is 22.4 Å². The smallest absolute Gasteiger partial charge is 0.191 e. The molecule has 0 aromatic carbocycles. The van der Waals surface area contributed by atoms with Crippen LogP contribution in [-0.2, 0) is 19.4 Å². The zero-order valence-corrected chi connectivity index (χ0v) is 15.8. The molecular formula is C18H23N7S. The molecule has 0 saturated carbocycles. The highest BCUT2D eigenvalue weighted by atomic mass is 32.1. The number of aryl methyl sites for hydroxylation is 1. The third-order valence-corrected chi connectivity index (χ3v) is 5.05. The number of hydrogen-bond acceptors (Lipinski definition) is 5. The molecule has 3 heterocycles. The van der Waals surface area contributed by atoms with Crippen LogP contribution in [0.25, 0.3) is 5.82 Å². The minimum Gasteiger partial charge on any atom is -0.356 e. The molecule has 0 saturated heterocycles. The molecule has 26 heavy (non-hydrogen) atoms. The van der Waals surface area contributed by atoms with Crippen LogP contribution < -0.4 is 10.6 Å². The minimum absolute atomic E-state index is 0.668. The van der Waals surface area contributed by atoms with Crippen LogP contribution in [0.3, 0.4) is 0 Å². The van der Waals surface area contributed by atoms with Gasteiger partial charge < -0.3 is 10.6 Å². The summed E-state index contributed by atoms with van der Waals surface area (Å²) < 4.78 is 1.88. The number of pyridine rings is 1. The average Bonchev–Trinajstić information content (AvgIpc) is 3.36. The van der Waals surface area contributed by atoms with E-state index in [-0.39, 0.29) is 0 Å². The van der Waals surface area contributed by atoms with Crippen molar-refractivity contribution in [1.82, 2.24) is 30.2 Å². The molecule has 8 heteroatoms. The first kappa shape index (κ1) is 18.1. The predicted octanol–water partition coefficient (Wildman–Crippen LogP) is 2.19. The standard InChI is InChI=1S/C18H23N7S/c1-3-15-12-23-17(26-15)5-7-22-18(19-2)24-11-14-4-6-21-16(10-14)25-9-8-20-13-25/h4,6,8-10,12-13H,3,5,7,11H2,1-2H3,(H2,19,22,24). The summed E-state index contributed by atoms with van der Waals surface area (Å²) in [5.41, 5.74) is 1.12. The SMILES string of the molecule is CCc1cnc(CCNC(=NC)NCc2ccnc(-n3ccnc3)c2)s1. The van der Waals surface area contributed by atoms with Gasteiger partial charge in [-0.3, -0.25) is 9.56 Å². The number of nitrogens with one attached hydrogen (secondary N) is 2. The van der Waals surface area contributed by atoms with Crippen molar-refractivity contribution >= 4 is 17.3 Å². The van der Waals surface area contributed by atoms with Crippen LogP contribution in [0.5, 0.6) is 0 Å². The monoisotopic (exact) mass is 369 g/mol. The lowest BCUT2D eigenvalue weighted by Crippen LogP contribution is -2.37. The summed E-state index contributed by atoms with van der Waals surface area (Å²) in [6.07, 6.45) is 11.1. The summed E-state index contributed by atoms with van der Waals surface area (Å²) in [6.45, 7) is 3.62. The molecule has 3 rings (SSSR count). The quantitative estimate of drug-likeness (QED) is 0.493. The first-order chi connectivity index (χ1) is 12.8. The second kappa shape index (κ2) is 9.10. The number of aromatic nitrogens is 4. The molecule has 0 fully saturated rings. The van der Waals surface area contributed by atoms with Crippen LogP contribution in [0, 0.1) is 0 Å². The molecule has 0 spiro atoms. The molecule has 0 bridgehead atoms. The Morgan fingerprint density at radius 3 is 2.92 bits per heavy atom. The number of nitrogens with zero attached hydrogens (tertiary/aromatic N) is 5. The van der Waals surface area contributed by atoms with Crippen molar-refractivity contribution in [3.63, 3.8) is 0 Å². The van der Waals surface area contributed by atoms with Crippen molar-refractivity contribution in [2.45, 2.75) is 26.3 Å². The first-order valence-electron chi connectivity index (χ1n) is 8.60. The fraction of sp³-hybridized carbons (Fsp3) is 0.333. The van der Waals surface area contributed by atoms with E-state index < -0.39 is 0 Å². The Morgan fingerprint density at radius 1 is 1.27 bits per heavy atom. The van der Waals surface area contributed by atoms with Gasteiger partial charge in [-0.2, -0.15) is 0 Å². The van der Waals surface area contributed by atoms with Gasteiger partial charge in [-0.05, 0) is 24.1 Å². The first-order valence-corrected chi connectivity index (χ1v) is 9.41. The molecule has 0 aliphatic rings. The third-order valence-electron chi connectivity index (χ3n) is 3.84. The van der Waals surface area contributed by atoms with Crippen molar-refractivity contribution in [3.05, 3.63) is 58.7 Å². The van der Waals surface area contributed by atoms with Crippen molar-refractivity contribution in [1.29, 1.82) is 0 Å². The van der Waals surface area contributed by atoms with Crippen molar-refractivity contribution < 1.29 is 0 Å². The maximum Gasteiger partial charge on any atom is 0.191 e. The van der Waals surface area contributed by atoms with Crippen molar-refractivity contribution in [3.8, 4) is 5.82 Å². The Kier molecular flexibility index (Phi) is 6.32. The van der Waals surface area contributed by atoms with Gasteiger partial charge >= 0.3 is 0 Å². The lowest BCUT2D eigenvalue weighted by atomic mass is 10.2. The lowest BCUT2D eigenvalue weighted by molar-refractivity contribution is 0.790. The molecule has 3 aromatic rings. The number of hydrogen-bond donors (Lipinski definition) is 2. The van der Waals surface area contributed by atoms with Gasteiger partial charge in [0.2, 0.25) is 0 Å². The Bertz CT molecular complexity index is 839. The van der Waals surface area contributed by atoms with E-state index in [2.05, 4.69) is 37.5 Å². The van der Waals surface area contributed by atoms with E-state index in [9.17, 15) is 0 Å². The van der Waals surface area contributed by atoms with Gasteiger partial charge in [0.25, 0.3) is 0 Å². The summed E-state index contributed by atoms with van der Waals surface area (Å²) in [6, 6.07) is 4.02. The van der Waals surface area contributed by atoms with Crippen LogP contribution in [0.4, 0.5) is 0 Å². The molecular weight excluding hydrogens is 346 g/mol. The molecule has 0 aliphatic carbocycles. The minimum atomic E-state index is 0.668. The Balaban J connectivity index is 1.49. The van der Waals surface area contributed by atoms with Crippen molar-refractivity contribution in [2.75, 3.05) is 13.6 Å². The highest BCUT2D eigenvalue weighted by Gasteiger charge is 2.03. The third kappa shape index (κ3) is 4.89. The van der Waals surface area contributed by atoms with Gasteiger partial charge in [-0.15, -0.1) is 11.3 Å². The van der Waals surface area contributed by atoms with E-state index in [1.54, 1.807) is 37.1 Å². The summed E-state index contributed by atoms with van der Waals surface area (Å²) in [5, 5.41) is 7.82. The van der Waals surface area contributed by atoms with E-state index in [0.717, 1.165) is 41.7 Å². The molecule has 0 radical (unpaired) electrons. The van der Waals surface area contributed by atoms with Gasteiger partial charge in [0, 0.05) is 56.2 Å². The topological polar surface area (TPSA) is 80.0 Å². The summed E-state index contributed by atoms with van der Waals surface area (Å²) in [4.78, 5) is 18.5. The number of thiazole rings is 1. The predicted molar refractivity (Wildman–Crippen MR) is 105 cm³/mol. The Hall–Kier alpha value is -2.74. The fourth-order valence-corrected chi connectivity index (χ4v) is 3.29. The van der Waals surface area contributed by atoms with Crippen LogP contribution in [-0.4, -0.2) is 39.1 Å². The van der Waals surface area contributed by atoms with Gasteiger partial charge in [0.1, 0.15) is 12.1 Å². The lowest BCUT2D eigenvalue weighted by Gasteiger charge is -2.12. The summed E-state index contributed by atoms with van der Waals surface area (Å²) in [5.74, 6) is 1.62. The van der Waals surface area contributed by atoms with Crippen LogP contribution in [0.2, 0.25) is 0 Å². The van der Waals surface area contributed by atoms with Gasteiger partial charge in [0.15, 0.2) is 5.96 Å². The van der Waals surface area contributed by atoms with E-state index in [1.807, 2.05) is 29.1 Å². The highest BCUT2D eigenvalue weighted by molar-refractivity contribution is 7.11. The van der Waals surface area contributed by atoms with Crippen LogP contribution >= 0.6 is 11.3 Å². The Labute approximate surface area is 157 Å². The van der Waals surface area contributed by atoms with Crippen molar-refractivity contribution in [2.24, 2.45) is 4.99 Å². The largest absolute Gasteiger partial charge is 0.356 e. The van der Waals surface area contributed by atoms with E-state index >= 15 is 0 Å². The molecule has 0 amide bonds. The molecule has 3 aromatic heterocycles. The summed E-state index contributed by atoms with van der Waals surface area (Å²) >= 11 is 1.78. The normalized spacial score (nSPS) is 11.5. The molecule has 2 N–H and O–H groups in total. The average molecular weight is 369 g/mol. The second-order valence-corrected chi connectivity index (χ2v) is 6.87. The summed E-state index contributed by atoms with van der Waals surface area (Å²) in [7, 11) is 1.78. The Morgan fingerprint density at radius 2 is 2.19 bits per heavy atom. The van der Waals surface area contributed by atoms with E-state index in [1.165, 1.54) is 4.88 Å². The van der Waals surface area contributed by atoms with Gasteiger partial charge in [-0.25, -0.2) is 15.0 Å². The molecule has 0 unspecified atom stereocenters. The van der Waals surface area contributed by atoms with E-state index in [4.69, 9.17) is 0 Å². The zero-order chi connectivity index (χ0) is 18.2. The number of guanidine groups is 1.